The van der Waals surface area contributed by atoms with Crippen LogP contribution < -0.4 is 0 Å². The molecule has 4 nitrogen and oxygen atoms in total. The van der Waals surface area contributed by atoms with Crippen molar-refractivity contribution in [2.75, 3.05) is 0 Å². The fraction of sp³-hybridized carbons (Fsp3) is 0.120. The molecule has 0 radical (unpaired) electrons. The second-order valence-electron chi connectivity index (χ2n) is 15.9. The third-order valence-electron chi connectivity index (χ3n) is 12.6. The summed E-state index contributed by atoms with van der Waals surface area (Å²) in [7, 11) is 0. The van der Waals surface area contributed by atoms with Crippen LogP contribution in [0, 0.1) is 22.7 Å². The van der Waals surface area contributed by atoms with Crippen molar-refractivity contribution in [2.24, 2.45) is 0 Å². The van der Waals surface area contributed by atoms with E-state index in [1.807, 2.05) is 12.1 Å². The first-order chi connectivity index (χ1) is 26.3. The van der Waals surface area contributed by atoms with Gasteiger partial charge in [0.15, 0.2) is 0 Å². The first-order valence-electron chi connectivity index (χ1n) is 18.6. The van der Waals surface area contributed by atoms with Crippen LogP contribution in [0.25, 0.3) is 77.2 Å². The Labute approximate surface area is 313 Å². The lowest BCUT2D eigenvalue weighted by atomic mass is 9.82. The Bertz CT molecular complexity index is 3040. The molecule has 54 heavy (non-hydrogen) atoms. The van der Waals surface area contributed by atoms with E-state index in [1.165, 1.54) is 55.3 Å². The average Bonchev–Trinajstić information content (AvgIpc) is 3.86. The molecule has 0 saturated carbocycles. The molecule has 0 bridgehead atoms. The van der Waals surface area contributed by atoms with E-state index in [-0.39, 0.29) is 10.8 Å². The maximum absolute atomic E-state index is 11.3. The van der Waals surface area contributed by atoms with Gasteiger partial charge in [-0.25, -0.2) is 0 Å². The molecular formula is C50H34N4. The highest BCUT2D eigenvalue weighted by Gasteiger charge is 2.39. The monoisotopic (exact) mass is 690 g/mol. The molecule has 0 amide bonds. The van der Waals surface area contributed by atoms with Gasteiger partial charge in [0.2, 0.25) is 0 Å². The van der Waals surface area contributed by atoms with Gasteiger partial charge in [-0.15, -0.1) is 0 Å². The predicted molar refractivity (Wildman–Crippen MR) is 220 cm³/mol. The standard InChI is InChI=1S/C50H34N4/c1-49(2)35-17-9-5-13-30(35)45-37(49)21-23-41-47(45)32-15-7-11-19-39(32)53(41)43-25-29(27-51)26-44(34(43)28-52)54-40-20-12-8-16-33(40)48-42(54)24-22-38-46(48)31-14-6-10-18-36(31)50(38,3)4/h5-26H,1-4H3. The smallest absolute Gasteiger partial charge is 0.104 e. The number of aromatic nitrogens is 2. The summed E-state index contributed by atoms with van der Waals surface area (Å²) in [6, 6.07) is 52.3. The Morgan fingerprint density at radius 1 is 0.444 bits per heavy atom. The van der Waals surface area contributed by atoms with Crippen LogP contribution in [-0.2, 0) is 10.8 Å². The third kappa shape index (κ3) is 3.65. The highest BCUT2D eigenvalue weighted by molar-refractivity contribution is 6.19. The zero-order chi connectivity index (χ0) is 36.7. The molecule has 7 aromatic carbocycles. The van der Waals surface area contributed by atoms with Crippen LogP contribution in [0.2, 0.25) is 0 Å². The summed E-state index contributed by atoms with van der Waals surface area (Å²) in [4.78, 5) is 0. The number of hydrogen-bond donors (Lipinski definition) is 0. The molecule has 254 valence electrons. The zero-order valence-electron chi connectivity index (χ0n) is 30.5. The molecular weight excluding hydrogens is 657 g/mol. The quantitative estimate of drug-likeness (QED) is 0.181. The lowest BCUT2D eigenvalue weighted by molar-refractivity contribution is 0.660. The van der Waals surface area contributed by atoms with E-state index in [4.69, 9.17) is 0 Å². The summed E-state index contributed by atoms with van der Waals surface area (Å²) in [6.07, 6.45) is 0. The third-order valence-corrected chi connectivity index (χ3v) is 12.6. The van der Waals surface area contributed by atoms with Crippen molar-refractivity contribution < 1.29 is 0 Å². The normalized spacial score (nSPS) is 14.6. The molecule has 0 atom stereocenters. The topological polar surface area (TPSA) is 57.4 Å². The maximum Gasteiger partial charge on any atom is 0.104 e. The molecule has 0 saturated heterocycles. The highest BCUT2D eigenvalue weighted by Crippen LogP contribution is 2.55. The van der Waals surface area contributed by atoms with Crippen LogP contribution >= 0.6 is 0 Å². The van der Waals surface area contributed by atoms with Crippen molar-refractivity contribution >= 4 is 43.6 Å². The molecule has 0 fully saturated rings. The number of para-hydroxylation sites is 2. The number of nitriles is 2. The lowest BCUT2D eigenvalue weighted by Gasteiger charge is -2.21. The van der Waals surface area contributed by atoms with E-state index in [2.05, 4.69) is 170 Å². The van der Waals surface area contributed by atoms with Gasteiger partial charge in [0, 0.05) is 32.4 Å². The molecule has 2 aliphatic carbocycles. The van der Waals surface area contributed by atoms with E-state index >= 15 is 0 Å². The molecule has 0 spiro atoms. The molecule has 0 unspecified atom stereocenters. The van der Waals surface area contributed by atoms with Crippen LogP contribution in [-0.4, -0.2) is 9.13 Å². The van der Waals surface area contributed by atoms with Crippen molar-refractivity contribution in [3.8, 4) is 45.8 Å². The Morgan fingerprint density at radius 2 is 0.870 bits per heavy atom. The summed E-state index contributed by atoms with van der Waals surface area (Å²) in [5.41, 5.74) is 16.4. The second kappa shape index (κ2) is 10.4. The SMILES string of the molecule is CC1(C)c2ccccc2-c2c1ccc1c2c2ccccc2n1-c1cc(C#N)cc(-n2c3ccccc3c3c4c(ccc32)C(C)(C)c2ccccc2-4)c1C#N. The van der Waals surface area contributed by atoms with E-state index in [9.17, 15) is 10.5 Å². The molecule has 4 heteroatoms. The molecule has 0 N–H and O–H groups in total. The van der Waals surface area contributed by atoms with Crippen molar-refractivity contribution in [3.63, 3.8) is 0 Å². The molecule has 9 aromatic rings. The Balaban J connectivity index is 1.27. The van der Waals surface area contributed by atoms with E-state index in [1.54, 1.807) is 0 Å². The van der Waals surface area contributed by atoms with Crippen LogP contribution in [0.3, 0.4) is 0 Å². The molecule has 11 rings (SSSR count). The summed E-state index contributed by atoms with van der Waals surface area (Å²) in [6.45, 7) is 9.22. The van der Waals surface area contributed by atoms with Crippen molar-refractivity contribution in [1.29, 1.82) is 10.5 Å². The van der Waals surface area contributed by atoms with Crippen LogP contribution in [0.5, 0.6) is 0 Å². The first kappa shape index (κ1) is 30.7. The number of hydrogen-bond acceptors (Lipinski definition) is 2. The van der Waals surface area contributed by atoms with Gasteiger partial charge in [0.1, 0.15) is 11.6 Å². The largest absolute Gasteiger partial charge is 0.308 e. The van der Waals surface area contributed by atoms with Gasteiger partial charge in [-0.1, -0.05) is 125 Å². The minimum absolute atomic E-state index is 0.151. The van der Waals surface area contributed by atoms with Gasteiger partial charge < -0.3 is 9.13 Å². The molecule has 2 aliphatic rings. The van der Waals surface area contributed by atoms with Crippen molar-refractivity contribution in [3.05, 3.63) is 167 Å². The number of fused-ring (bicyclic) bond motifs is 14. The van der Waals surface area contributed by atoms with Gasteiger partial charge in [-0.3, -0.25) is 0 Å². The summed E-state index contributed by atoms with van der Waals surface area (Å²) >= 11 is 0. The van der Waals surface area contributed by atoms with Crippen LogP contribution in [0.4, 0.5) is 0 Å². The average molecular weight is 691 g/mol. The summed E-state index contributed by atoms with van der Waals surface area (Å²) < 4.78 is 4.43. The fourth-order valence-electron chi connectivity index (χ4n) is 10.2. The minimum atomic E-state index is -0.151. The van der Waals surface area contributed by atoms with Crippen molar-refractivity contribution in [1.82, 2.24) is 9.13 Å². The molecule has 2 aromatic heterocycles. The minimum Gasteiger partial charge on any atom is -0.308 e. The zero-order valence-corrected chi connectivity index (χ0v) is 30.5. The van der Waals surface area contributed by atoms with Gasteiger partial charge in [-0.05, 0) is 80.9 Å². The summed E-state index contributed by atoms with van der Waals surface area (Å²) in [5.74, 6) is 0. The Hall–Kier alpha value is -6.88. The lowest BCUT2D eigenvalue weighted by Crippen LogP contribution is -2.14. The highest BCUT2D eigenvalue weighted by atomic mass is 15.0. The number of benzene rings is 7. The second-order valence-corrected chi connectivity index (χ2v) is 15.9. The van der Waals surface area contributed by atoms with Crippen molar-refractivity contribution in [2.45, 2.75) is 38.5 Å². The van der Waals surface area contributed by atoms with E-state index in [0.29, 0.717) is 22.5 Å². The number of nitrogens with zero attached hydrogens (tertiary/aromatic N) is 4. The van der Waals surface area contributed by atoms with Gasteiger partial charge in [-0.2, -0.15) is 10.5 Å². The van der Waals surface area contributed by atoms with Gasteiger partial charge in [0.05, 0.1) is 45.1 Å². The first-order valence-corrected chi connectivity index (χ1v) is 18.6. The van der Waals surface area contributed by atoms with Crippen LogP contribution in [0.1, 0.15) is 61.1 Å². The number of rotatable bonds is 2. The fourth-order valence-corrected chi connectivity index (χ4v) is 10.2. The van der Waals surface area contributed by atoms with Crippen LogP contribution in [0.15, 0.2) is 133 Å². The summed E-state index contributed by atoms with van der Waals surface area (Å²) in [5, 5.41) is 26.5. The van der Waals surface area contributed by atoms with Gasteiger partial charge in [0.25, 0.3) is 0 Å². The predicted octanol–water partition coefficient (Wildman–Crippen LogP) is 12.2. The molecule has 0 aliphatic heterocycles. The Morgan fingerprint density at radius 3 is 1.31 bits per heavy atom. The Kier molecular flexibility index (Phi) is 5.90. The van der Waals surface area contributed by atoms with E-state index < -0.39 is 0 Å². The van der Waals surface area contributed by atoms with E-state index in [0.717, 1.165) is 32.8 Å². The molecule has 2 heterocycles. The van der Waals surface area contributed by atoms with Gasteiger partial charge >= 0.3 is 0 Å². The maximum atomic E-state index is 11.3.